The van der Waals surface area contributed by atoms with Crippen molar-refractivity contribution in [3.63, 3.8) is 0 Å². The zero-order chi connectivity index (χ0) is 12.9. The molecule has 0 aliphatic rings. The molecule has 1 N–H and O–H groups in total. The van der Waals surface area contributed by atoms with Crippen LogP contribution >= 0.6 is 11.3 Å². The van der Waals surface area contributed by atoms with Crippen LogP contribution in [0.15, 0.2) is 46.5 Å². The molecule has 0 saturated carbocycles. The maximum absolute atomic E-state index is 5.59. The lowest BCUT2D eigenvalue weighted by Gasteiger charge is -1.97. The Morgan fingerprint density at radius 1 is 1.11 bits per heavy atom. The molecule has 0 atom stereocenters. The van der Waals surface area contributed by atoms with E-state index in [0.29, 0.717) is 18.3 Å². The number of benzene rings is 1. The molecule has 0 fully saturated rings. The molecule has 0 saturated heterocycles. The fourth-order valence-electron chi connectivity index (χ4n) is 1.64. The molecule has 0 spiro atoms. The molecular weight excluding hydrogens is 260 g/mol. The number of hydrogen-bond donors (Lipinski definition) is 1. The second-order valence-electron chi connectivity index (χ2n) is 3.94. The summed E-state index contributed by atoms with van der Waals surface area (Å²) in [6.45, 7) is 1.31. The van der Waals surface area contributed by atoms with Gasteiger partial charge in [-0.1, -0.05) is 18.2 Å². The lowest BCUT2D eigenvalue weighted by atomic mass is 10.2. The van der Waals surface area contributed by atoms with E-state index in [1.807, 2.05) is 42.0 Å². The van der Waals surface area contributed by atoms with Crippen LogP contribution in [0.2, 0.25) is 0 Å². The third-order valence-corrected chi connectivity index (χ3v) is 3.33. The van der Waals surface area contributed by atoms with Gasteiger partial charge < -0.3 is 9.73 Å². The normalized spacial score (nSPS) is 10.7. The van der Waals surface area contributed by atoms with Gasteiger partial charge in [-0.15, -0.1) is 21.5 Å². The van der Waals surface area contributed by atoms with Crippen molar-refractivity contribution in [3.8, 4) is 11.5 Å². The highest BCUT2D eigenvalue weighted by molar-refractivity contribution is 7.09. The molecule has 1 aromatic carbocycles. The van der Waals surface area contributed by atoms with Gasteiger partial charge in [0.05, 0.1) is 12.1 Å². The number of aromatic nitrogens is 3. The Hall–Kier alpha value is -2.05. The molecule has 3 aromatic rings. The monoisotopic (exact) mass is 272 g/mol. The molecule has 2 aromatic heterocycles. The Labute approximate surface area is 114 Å². The quantitative estimate of drug-likeness (QED) is 0.773. The van der Waals surface area contributed by atoms with Gasteiger partial charge in [-0.2, -0.15) is 0 Å². The fourth-order valence-corrected chi connectivity index (χ4v) is 2.21. The molecule has 96 valence electrons. The van der Waals surface area contributed by atoms with E-state index < -0.39 is 0 Å². The Morgan fingerprint density at radius 2 is 2.00 bits per heavy atom. The SMILES string of the molecule is c1ccc(-c2nnc(CNCc3cncs3)o2)cc1. The highest BCUT2D eigenvalue weighted by Crippen LogP contribution is 2.16. The van der Waals surface area contributed by atoms with E-state index in [1.165, 1.54) is 4.88 Å². The number of nitrogens with one attached hydrogen (secondary N) is 1. The largest absolute Gasteiger partial charge is 0.419 e. The number of rotatable bonds is 5. The van der Waals surface area contributed by atoms with E-state index in [4.69, 9.17) is 4.42 Å². The molecular formula is C13H12N4OS. The fraction of sp³-hybridized carbons (Fsp3) is 0.154. The first-order valence-corrected chi connectivity index (χ1v) is 6.75. The van der Waals surface area contributed by atoms with Crippen LogP contribution in [0, 0.1) is 0 Å². The lowest BCUT2D eigenvalue weighted by Crippen LogP contribution is -2.11. The first-order chi connectivity index (χ1) is 9.42. The average molecular weight is 272 g/mol. The zero-order valence-electron chi connectivity index (χ0n) is 10.1. The van der Waals surface area contributed by atoms with Crippen molar-refractivity contribution in [3.05, 3.63) is 52.8 Å². The van der Waals surface area contributed by atoms with Crippen LogP contribution in [-0.2, 0) is 13.1 Å². The molecule has 0 radical (unpaired) electrons. The molecule has 3 rings (SSSR count). The summed E-state index contributed by atoms with van der Waals surface area (Å²) >= 11 is 1.62. The van der Waals surface area contributed by atoms with Crippen LogP contribution in [0.5, 0.6) is 0 Å². The van der Waals surface area contributed by atoms with E-state index in [1.54, 1.807) is 11.3 Å². The summed E-state index contributed by atoms with van der Waals surface area (Å²) in [6, 6.07) is 9.74. The Morgan fingerprint density at radius 3 is 2.79 bits per heavy atom. The first kappa shape index (κ1) is 12.0. The van der Waals surface area contributed by atoms with Crippen molar-refractivity contribution < 1.29 is 4.42 Å². The van der Waals surface area contributed by atoms with Crippen LogP contribution in [-0.4, -0.2) is 15.2 Å². The van der Waals surface area contributed by atoms with Gasteiger partial charge in [0.15, 0.2) is 0 Å². The second-order valence-corrected chi connectivity index (χ2v) is 4.91. The molecule has 6 heteroatoms. The van der Waals surface area contributed by atoms with Gasteiger partial charge in [-0.3, -0.25) is 4.98 Å². The van der Waals surface area contributed by atoms with Crippen LogP contribution in [0.1, 0.15) is 10.8 Å². The average Bonchev–Trinajstić information content (AvgIpc) is 3.11. The van der Waals surface area contributed by atoms with Crippen molar-refractivity contribution in [2.75, 3.05) is 0 Å². The summed E-state index contributed by atoms with van der Waals surface area (Å²) in [5.41, 5.74) is 2.75. The van der Waals surface area contributed by atoms with Gasteiger partial charge >= 0.3 is 0 Å². The van der Waals surface area contributed by atoms with Crippen molar-refractivity contribution in [1.82, 2.24) is 20.5 Å². The van der Waals surface area contributed by atoms with Gasteiger partial charge in [-0.25, -0.2) is 0 Å². The number of thiazole rings is 1. The summed E-state index contributed by atoms with van der Waals surface area (Å²) in [5.74, 6) is 1.14. The van der Waals surface area contributed by atoms with Crippen LogP contribution < -0.4 is 5.32 Å². The van der Waals surface area contributed by atoms with E-state index in [0.717, 1.165) is 12.1 Å². The van der Waals surface area contributed by atoms with Gasteiger partial charge in [0.1, 0.15) is 0 Å². The van der Waals surface area contributed by atoms with Crippen molar-refractivity contribution in [2.45, 2.75) is 13.1 Å². The van der Waals surface area contributed by atoms with Gasteiger partial charge in [0.25, 0.3) is 0 Å². The molecule has 0 aliphatic heterocycles. The molecule has 0 amide bonds. The van der Waals surface area contributed by atoms with E-state index in [9.17, 15) is 0 Å². The predicted molar refractivity (Wildman–Crippen MR) is 72.4 cm³/mol. The maximum atomic E-state index is 5.59. The van der Waals surface area contributed by atoms with Crippen molar-refractivity contribution in [1.29, 1.82) is 0 Å². The minimum Gasteiger partial charge on any atom is -0.419 e. The van der Waals surface area contributed by atoms with E-state index >= 15 is 0 Å². The van der Waals surface area contributed by atoms with Crippen molar-refractivity contribution >= 4 is 11.3 Å². The summed E-state index contributed by atoms with van der Waals surface area (Å²) in [4.78, 5) is 5.20. The minimum absolute atomic E-state index is 0.551. The second kappa shape index (κ2) is 5.73. The van der Waals surface area contributed by atoms with Gasteiger partial charge in [0, 0.05) is 23.2 Å². The summed E-state index contributed by atoms with van der Waals surface area (Å²) in [6.07, 6.45) is 1.85. The Balaban J connectivity index is 1.59. The van der Waals surface area contributed by atoms with Gasteiger partial charge in [0.2, 0.25) is 11.8 Å². The number of nitrogens with zero attached hydrogens (tertiary/aromatic N) is 3. The highest BCUT2D eigenvalue weighted by atomic mass is 32.1. The summed E-state index contributed by atoms with van der Waals surface area (Å²) < 4.78 is 5.59. The minimum atomic E-state index is 0.551. The van der Waals surface area contributed by atoms with E-state index in [2.05, 4.69) is 20.5 Å². The van der Waals surface area contributed by atoms with Crippen LogP contribution in [0.25, 0.3) is 11.5 Å². The summed E-state index contributed by atoms with van der Waals surface area (Å²) in [7, 11) is 0. The number of hydrogen-bond acceptors (Lipinski definition) is 6. The highest BCUT2D eigenvalue weighted by Gasteiger charge is 2.07. The zero-order valence-corrected chi connectivity index (χ0v) is 10.9. The molecule has 2 heterocycles. The topological polar surface area (TPSA) is 63.8 Å². The maximum Gasteiger partial charge on any atom is 0.247 e. The van der Waals surface area contributed by atoms with E-state index in [-0.39, 0.29) is 0 Å². The van der Waals surface area contributed by atoms with Crippen LogP contribution in [0.3, 0.4) is 0 Å². The smallest absolute Gasteiger partial charge is 0.247 e. The first-order valence-electron chi connectivity index (χ1n) is 5.88. The molecule has 0 bridgehead atoms. The lowest BCUT2D eigenvalue weighted by molar-refractivity contribution is 0.478. The molecule has 19 heavy (non-hydrogen) atoms. The molecule has 5 nitrogen and oxygen atoms in total. The summed E-state index contributed by atoms with van der Waals surface area (Å²) in [5, 5.41) is 11.3. The van der Waals surface area contributed by atoms with Gasteiger partial charge in [-0.05, 0) is 12.1 Å². The predicted octanol–water partition coefficient (Wildman–Crippen LogP) is 2.48. The third kappa shape index (κ3) is 3.04. The standard InChI is InChI=1S/C13H12N4OS/c1-2-4-10(5-3-1)13-17-16-12(18-13)8-14-6-11-7-15-9-19-11/h1-5,7,9,14H,6,8H2. The third-order valence-electron chi connectivity index (χ3n) is 2.55. The van der Waals surface area contributed by atoms with Crippen molar-refractivity contribution in [2.24, 2.45) is 0 Å². The Kier molecular flexibility index (Phi) is 3.62. The van der Waals surface area contributed by atoms with Crippen LogP contribution in [0.4, 0.5) is 0 Å². The molecule has 0 unspecified atom stereocenters. The Bertz CT molecular complexity index is 621. The molecule has 0 aliphatic carbocycles.